The van der Waals surface area contributed by atoms with Gasteiger partial charge in [0, 0.05) is 84.4 Å². The van der Waals surface area contributed by atoms with Crippen molar-refractivity contribution in [3.8, 4) is 0 Å². The molecule has 0 aliphatic carbocycles. The fourth-order valence-electron chi connectivity index (χ4n) is 7.05. The van der Waals surface area contributed by atoms with E-state index in [2.05, 4.69) is 52.5 Å². The van der Waals surface area contributed by atoms with Crippen LogP contribution in [0.1, 0.15) is 70.6 Å². The predicted molar refractivity (Wildman–Crippen MR) is 235 cm³/mol. The number of rotatable bonds is 20. The second-order valence-corrected chi connectivity index (χ2v) is 14.7. The van der Waals surface area contributed by atoms with E-state index in [1.54, 1.807) is 0 Å². The summed E-state index contributed by atoms with van der Waals surface area (Å²) in [6.45, 7) is 3.71. The number of piperazine rings is 2. The van der Waals surface area contributed by atoms with Crippen molar-refractivity contribution in [2.75, 3.05) is 96.5 Å². The van der Waals surface area contributed by atoms with Crippen LogP contribution in [0, 0.1) is 10.8 Å². The van der Waals surface area contributed by atoms with Crippen LogP contribution < -0.4 is 63.8 Å². The van der Waals surface area contributed by atoms with Gasteiger partial charge in [0.2, 0.25) is 11.8 Å². The van der Waals surface area contributed by atoms with Gasteiger partial charge in [-0.05, 0) is 61.1 Å². The molecule has 20 nitrogen and oxygen atoms in total. The number of amides is 4. The number of hydrogen-bond acceptors (Lipinski definition) is 12. The van der Waals surface area contributed by atoms with E-state index in [4.69, 9.17) is 22.3 Å². The lowest BCUT2D eigenvalue weighted by Gasteiger charge is -2.33. The van der Waals surface area contributed by atoms with Crippen LogP contribution in [0.4, 0.5) is 42.9 Å². The minimum absolute atomic E-state index is 0.154. The van der Waals surface area contributed by atoms with Crippen LogP contribution in [0.15, 0.2) is 36.7 Å². The maximum atomic E-state index is 14.3. The average Bonchev–Trinajstić information content (AvgIpc) is 3.26. The van der Waals surface area contributed by atoms with Crippen LogP contribution in [0.2, 0.25) is 0 Å². The van der Waals surface area contributed by atoms with E-state index >= 15 is 0 Å². The number of benzene rings is 2. The van der Waals surface area contributed by atoms with E-state index in [9.17, 15) is 28.0 Å². The summed E-state index contributed by atoms with van der Waals surface area (Å²) in [6, 6.07) is 7.26. The molecule has 2 aliphatic rings. The highest BCUT2D eigenvalue weighted by molar-refractivity contribution is 6.11. The molecule has 0 unspecified atom stereocenters. The van der Waals surface area contributed by atoms with Crippen molar-refractivity contribution in [1.29, 1.82) is 10.8 Å². The first kappa shape index (κ1) is 46.4. The Hall–Kier alpha value is -6.68. The van der Waals surface area contributed by atoms with Crippen LogP contribution in [0.5, 0.6) is 0 Å². The summed E-state index contributed by atoms with van der Waals surface area (Å²) in [6.07, 6.45) is 3.55. The van der Waals surface area contributed by atoms with Gasteiger partial charge in [-0.1, -0.05) is 0 Å². The van der Waals surface area contributed by atoms with Crippen molar-refractivity contribution in [3.63, 3.8) is 0 Å². The number of carbonyl (C=O) groups is 4. The molecule has 0 saturated carbocycles. The highest BCUT2D eigenvalue weighted by Crippen LogP contribution is 2.39. The first-order valence-electron chi connectivity index (χ1n) is 20.5. The number of guanidine groups is 2. The molecular weight excluding hydrogens is 807 g/mol. The lowest BCUT2D eigenvalue weighted by molar-refractivity contribution is -0.117. The molecule has 0 spiro atoms. The van der Waals surface area contributed by atoms with Gasteiger partial charge < -0.3 is 63.8 Å². The number of nitrogens with zero attached hydrogens (tertiary/aromatic N) is 4. The Morgan fingerprint density at radius 2 is 0.968 bits per heavy atom. The molecule has 1 aromatic heterocycles. The third-order valence-corrected chi connectivity index (χ3v) is 9.98. The largest absolute Gasteiger partial charge is 0.370 e. The number of alkyl halides is 2. The number of aromatic nitrogens is 2. The average molecular weight is 863 g/mol. The number of carbonyl (C=O) groups excluding carboxylic acids is 4. The summed E-state index contributed by atoms with van der Waals surface area (Å²) in [5.41, 5.74) is 12.8. The summed E-state index contributed by atoms with van der Waals surface area (Å²) < 4.78 is 28.6. The zero-order valence-electron chi connectivity index (χ0n) is 34.5. The third-order valence-electron chi connectivity index (χ3n) is 9.98. The van der Waals surface area contributed by atoms with Gasteiger partial charge in [-0.2, -0.15) is 0 Å². The van der Waals surface area contributed by atoms with Crippen LogP contribution in [-0.2, 0) is 22.9 Å². The number of nitrogens with two attached hydrogens (primary N) is 2. The molecule has 2 aromatic carbocycles. The second-order valence-electron chi connectivity index (χ2n) is 14.7. The predicted octanol–water partition coefficient (Wildman–Crippen LogP) is 1.92. The Labute approximate surface area is 358 Å². The quantitative estimate of drug-likeness (QED) is 0.0439. The van der Waals surface area contributed by atoms with Gasteiger partial charge in [0.05, 0.1) is 34.1 Å². The lowest BCUT2D eigenvalue weighted by Crippen LogP contribution is -2.44. The molecule has 22 heteroatoms. The van der Waals surface area contributed by atoms with Gasteiger partial charge in [-0.15, -0.1) is 0 Å². The molecule has 0 radical (unpaired) electrons. The first-order chi connectivity index (χ1) is 29.9. The molecule has 334 valence electrons. The fourth-order valence-corrected chi connectivity index (χ4v) is 7.05. The number of anilines is 6. The van der Waals surface area contributed by atoms with Crippen molar-refractivity contribution in [2.45, 2.75) is 51.9 Å². The number of nitrogens with one attached hydrogen (secondary N) is 10. The molecule has 0 bridgehead atoms. The summed E-state index contributed by atoms with van der Waals surface area (Å²) in [5, 5.41) is 38.0. The zero-order chi connectivity index (χ0) is 44.4. The van der Waals surface area contributed by atoms with E-state index in [1.165, 1.54) is 30.3 Å². The Balaban J connectivity index is 1.37. The van der Waals surface area contributed by atoms with E-state index < -0.39 is 25.2 Å². The highest BCUT2D eigenvalue weighted by atomic mass is 19.1. The van der Waals surface area contributed by atoms with E-state index in [-0.39, 0.29) is 70.5 Å². The zero-order valence-corrected chi connectivity index (χ0v) is 34.5. The monoisotopic (exact) mass is 862 g/mol. The molecule has 3 aromatic rings. The lowest BCUT2D eigenvalue weighted by atomic mass is 10.1. The first-order valence-corrected chi connectivity index (χ1v) is 20.5. The summed E-state index contributed by atoms with van der Waals surface area (Å²) in [4.78, 5) is 66.2. The van der Waals surface area contributed by atoms with Crippen LogP contribution in [-0.4, -0.2) is 111 Å². The van der Waals surface area contributed by atoms with Crippen molar-refractivity contribution < 1.29 is 28.0 Å². The molecule has 5 rings (SSSR count). The summed E-state index contributed by atoms with van der Waals surface area (Å²) in [5.74, 6) is -2.40. The molecule has 3 heterocycles. The number of unbranched alkanes of at least 4 members (excludes halogenated alkanes) is 2. The molecule has 4 amide bonds. The van der Waals surface area contributed by atoms with Crippen molar-refractivity contribution in [1.82, 2.24) is 31.2 Å². The topological polar surface area (TPSA) is 297 Å². The van der Waals surface area contributed by atoms with Gasteiger partial charge >= 0.3 is 0 Å². The molecule has 0 atom stereocenters. The van der Waals surface area contributed by atoms with Gasteiger partial charge in [0.1, 0.15) is 31.1 Å². The van der Waals surface area contributed by atoms with Gasteiger partial charge in [-0.3, -0.25) is 30.0 Å². The molecular formula is C40H56F2N16O4. The summed E-state index contributed by atoms with van der Waals surface area (Å²) in [7, 11) is 0. The van der Waals surface area contributed by atoms with Gasteiger partial charge in [0.15, 0.2) is 11.9 Å². The minimum Gasteiger partial charge on any atom is -0.370 e. The molecule has 62 heavy (non-hydrogen) atoms. The van der Waals surface area contributed by atoms with Crippen LogP contribution in [0.3, 0.4) is 0 Å². The fraction of sp³-hybridized carbons (Fsp3) is 0.450. The highest BCUT2D eigenvalue weighted by Gasteiger charge is 2.26. The Morgan fingerprint density at radius 1 is 0.597 bits per heavy atom. The molecule has 14 N–H and O–H groups in total. The number of hydrogen-bond donors (Lipinski definition) is 12. The smallest absolute Gasteiger partial charge is 0.274 e. The second kappa shape index (κ2) is 23.4. The third kappa shape index (κ3) is 13.7. The minimum atomic E-state index is -0.882. The maximum Gasteiger partial charge on any atom is 0.274 e. The van der Waals surface area contributed by atoms with Crippen LogP contribution >= 0.6 is 0 Å². The standard InChI is InChI=1S/C40H56F2N16O4/c41-22-25-17-27(53-33(59)5-1-3-7-49-39(43)44)35(57-13-9-47-10-14-57)29(19-25)55-37(61)31-21-32(52-24-51-31)38(62)56-30-20-26(23-42)18-28(36(30)58-15-11-48-12-16-58)54-34(60)6-2-4-8-50-40(45)46/h17-21,24,47-48H,1-16,22-23H2,(H,53,59)(H,54,60)(H,55,61)(H,56,62)(H4,43,44,49)(H4,45,46,50). The van der Waals surface area contributed by atoms with Gasteiger partial charge in [-0.25, -0.2) is 18.7 Å². The van der Waals surface area contributed by atoms with Crippen LogP contribution in [0.25, 0.3) is 0 Å². The number of halogens is 2. The molecule has 2 saturated heterocycles. The normalized spacial score (nSPS) is 13.8. The van der Waals surface area contributed by atoms with Gasteiger partial charge in [0.25, 0.3) is 11.8 Å². The van der Waals surface area contributed by atoms with Crippen molar-refractivity contribution in [3.05, 3.63) is 59.2 Å². The van der Waals surface area contributed by atoms with E-state index in [0.29, 0.717) is 114 Å². The van der Waals surface area contributed by atoms with Crippen molar-refractivity contribution in [2.24, 2.45) is 11.5 Å². The Kier molecular flexibility index (Phi) is 17.5. The van der Waals surface area contributed by atoms with E-state index in [0.717, 1.165) is 6.33 Å². The Morgan fingerprint density at radius 3 is 1.32 bits per heavy atom. The maximum absolute atomic E-state index is 14.3. The summed E-state index contributed by atoms with van der Waals surface area (Å²) >= 11 is 0. The molecule has 2 fully saturated rings. The molecule has 2 aliphatic heterocycles. The SMILES string of the molecule is N=C(N)NCCCCC(=O)Nc1cc(CF)cc(NC(=O)c2cc(C(=O)Nc3cc(CF)cc(NC(=O)CCCCNC(=N)N)c3N3CCNCC3)ncn2)c1N1CCNCC1. The Bertz CT molecular complexity index is 1940. The van der Waals surface area contributed by atoms with Crippen molar-refractivity contribution >= 4 is 69.7 Å². The van der Waals surface area contributed by atoms with E-state index in [1.807, 2.05) is 9.80 Å².